The number of carbonyl (C=O) groups is 2. The third-order valence-electron chi connectivity index (χ3n) is 5.82. The van der Waals surface area contributed by atoms with Gasteiger partial charge >= 0.3 is 0 Å². The standard InChI is InChI=1S/C24H22N2O2S/c27-23(18-7-2-1-3-8-18)25-12-14-26(15-13-25)24(28)21-16-19-11-10-17-6-4-5-9-20(17)22(19)29-21/h1-9,16H,10-15H2. The number of hydrogen-bond donors (Lipinski definition) is 0. The van der Waals surface area contributed by atoms with Gasteiger partial charge in [-0.15, -0.1) is 11.3 Å². The highest BCUT2D eigenvalue weighted by atomic mass is 32.1. The summed E-state index contributed by atoms with van der Waals surface area (Å²) < 4.78 is 0. The molecule has 0 N–H and O–H groups in total. The first-order valence-corrected chi connectivity index (χ1v) is 10.9. The second-order valence-corrected chi connectivity index (χ2v) is 8.62. The van der Waals surface area contributed by atoms with Gasteiger partial charge in [0.05, 0.1) is 4.88 Å². The molecule has 1 aliphatic heterocycles. The summed E-state index contributed by atoms with van der Waals surface area (Å²) in [4.78, 5) is 31.5. The molecule has 3 aromatic rings. The summed E-state index contributed by atoms with van der Waals surface area (Å²) in [5.41, 5.74) is 4.64. The minimum absolute atomic E-state index is 0.0425. The largest absolute Gasteiger partial charge is 0.335 e. The molecule has 0 bridgehead atoms. The van der Waals surface area contributed by atoms with E-state index in [-0.39, 0.29) is 11.8 Å². The monoisotopic (exact) mass is 402 g/mol. The zero-order valence-electron chi connectivity index (χ0n) is 16.1. The number of hydrogen-bond acceptors (Lipinski definition) is 3. The number of amides is 2. The Morgan fingerprint density at radius 3 is 2.10 bits per heavy atom. The summed E-state index contributed by atoms with van der Waals surface area (Å²) in [6.07, 6.45) is 2.03. The molecule has 2 amide bonds. The van der Waals surface area contributed by atoms with Crippen LogP contribution in [0.15, 0.2) is 60.7 Å². The van der Waals surface area contributed by atoms with E-state index in [0.29, 0.717) is 31.7 Å². The predicted octanol–water partition coefficient (Wildman–Crippen LogP) is 4.11. The summed E-state index contributed by atoms with van der Waals surface area (Å²) in [7, 11) is 0. The lowest BCUT2D eigenvalue weighted by Crippen LogP contribution is -2.50. The molecule has 4 nitrogen and oxygen atoms in total. The molecule has 0 atom stereocenters. The van der Waals surface area contributed by atoms with Crippen molar-refractivity contribution in [2.45, 2.75) is 12.8 Å². The van der Waals surface area contributed by atoms with Crippen molar-refractivity contribution in [3.05, 3.63) is 82.2 Å². The minimum atomic E-state index is 0.0425. The van der Waals surface area contributed by atoms with Crippen molar-refractivity contribution in [3.63, 3.8) is 0 Å². The topological polar surface area (TPSA) is 40.6 Å². The van der Waals surface area contributed by atoms with Gasteiger partial charge in [0, 0.05) is 36.6 Å². The molecule has 1 aliphatic carbocycles. The van der Waals surface area contributed by atoms with Crippen molar-refractivity contribution in [2.75, 3.05) is 26.2 Å². The van der Waals surface area contributed by atoms with Gasteiger partial charge < -0.3 is 9.80 Å². The molecule has 29 heavy (non-hydrogen) atoms. The van der Waals surface area contributed by atoms with Crippen molar-refractivity contribution in [2.24, 2.45) is 0 Å². The second-order valence-electron chi connectivity index (χ2n) is 7.57. The van der Waals surface area contributed by atoms with Crippen LogP contribution in [-0.2, 0) is 12.8 Å². The van der Waals surface area contributed by atoms with E-state index in [1.54, 1.807) is 11.3 Å². The number of piperazine rings is 1. The van der Waals surface area contributed by atoms with E-state index in [1.807, 2.05) is 40.1 Å². The Labute approximate surface area is 174 Å². The Kier molecular flexibility index (Phi) is 4.68. The lowest BCUT2D eigenvalue weighted by atomic mass is 9.91. The molecule has 1 saturated heterocycles. The van der Waals surface area contributed by atoms with Gasteiger partial charge in [0.15, 0.2) is 0 Å². The smallest absolute Gasteiger partial charge is 0.264 e. The highest BCUT2D eigenvalue weighted by Gasteiger charge is 2.28. The molecule has 1 fully saturated rings. The molecule has 0 unspecified atom stereocenters. The van der Waals surface area contributed by atoms with Crippen LogP contribution in [0.1, 0.15) is 31.2 Å². The van der Waals surface area contributed by atoms with Crippen molar-refractivity contribution in [3.8, 4) is 10.4 Å². The van der Waals surface area contributed by atoms with Crippen molar-refractivity contribution < 1.29 is 9.59 Å². The number of thiophene rings is 1. The Balaban J connectivity index is 1.29. The van der Waals surface area contributed by atoms with Crippen molar-refractivity contribution >= 4 is 23.2 Å². The van der Waals surface area contributed by atoms with E-state index in [2.05, 4.69) is 30.3 Å². The highest BCUT2D eigenvalue weighted by molar-refractivity contribution is 7.17. The first-order valence-electron chi connectivity index (χ1n) is 10.1. The maximum absolute atomic E-state index is 13.1. The van der Waals surface area contributed by atoms with Crippen molar-refractivity contribution in [1.82, 2.24) is 9.80 Å². The van der Waals surface area contributed by atoms with Crippen LogP contribution < -0.4 is 0 Å². The Morgan fingerprint density at radius 1 is 0.724 bits per heavy atom. The first kappa shape index (κ1) is 18.1. The van der Waals surface area contributed by atoms with Crippen LogP contribution in [0.4, 0.5) is 0 Å². The fourth-order valence-corrected chi connectivity index (χ4v) is 5.45. The number of nitrogens with zero attached hydrogens (tertiary/aromatic N) is 2. The van der Waals surface area contributed by atoms with Gasteiger partial charge in [0.2, 0.25) is 0 Å². The Bertz CT molecular complexity index is 1070. The van der Waals surface area contributed by atoms with E-state index in [4.69, 9.17) is 0 Å². The first-order chi connectivity index (χ1) is 14.2. The molecule has 1 aromatic heterocycles. The fraction of sp³-hybridized carbons (Fsp3) is 0.250. The van der Waals surface area contributed by atoms with Crippen LogP contribution in [-0.4, -0.2) is 47.8 Å². The van der Waals surface area contributed by atoms with Gasteiger partial charge in [-0.2, -0.15) is 0 Å². The van der Waals surface area contributed by atoms with E-state index < -0.39 is 0 Å². The number of benzene rings is 2. The van der Waals surface area contributed by atoms with Gasteiger partial charge in [0.25, 0.3) is 11.8 Å². The maximum Gasteiger partial charge on any atom is 0.264 e. The molecule has 5 rings (SSSR count). The van der Waals surface area contributed by atoms with Crippen LogP contribution in [0.2, 0.25) is 0 Å². The quantitative estimate of drug-likeness (QED) is 0.647. The second kappa shape index (κ2) is 7.48. The molecule has 146 valence electrons. The third kappa shape index (κ3) is 3.36. The summed E-state index contributed by atoms with van der Waals surface area (Å²) >= 11 is 1.61. The number of carbonyl (C=O) groups excluding carboxylic acids is 2. The number of fused-ring (bicyclic) bond motifs is 3. The Hall–Kier alpha value is -2.92. The van der Waals surface area contributed by atoms with E-state index >= 15 is 0 Å². The fourth-order valence-electron chi connectivity index (χ4n) is 4.21. The molecule has 2 aliphatic rings. The minimum Gasteiger partial charge on any atom is -0.335 e. The van der Waals surface area contributed by atoms with E-state index in [0.717, 1.165) is 17.7 Å². The van der Waals surface area contributed by atoms with Gasteiger partial charge in [0.1, 0.15) is 0 Å². The van der Waals surface area contributed by atoms with Crippen LogP contribution in [0.3, 0.4) is 0 Å². The third-order valence-corrected chi connectivity index (χ3v) is 7.02. The van der Waals surface area contributed by atoms with Gasteiger partial charge in [-0.3, -0.25) is 9.59 Å². The molecule has 0 spiro atoms. The summed E-state index contributed by atoms with van der Waals surface area (Å²) in [5, 5.41) is 0. The van der Waals surface area contributed by atoms with Crippen molar-refractivity contribution in [1.29, 1.82) is 0 Å². The molecule has 0 saturated carbocycles. The summed E-state index contributed by atoms with van der Waals surface area (Å²) in [5.74, 6) is 0.134. The maximum atomic E-state index is 13.1. The van der Waals surface area contributed by atoms with E-state index in [9.17, 15) is 9.59 Å². The Morgan fingerprint density at radius 2 is 1.34 bits per heavy atom. The summed E-state index contributed by atoms with van der Waals surface area (Å²) in [6.45, 7) is 2.31. The average molecular weight is 403 g/mol. The molecule has 2 heterocycles. The SMILES string of the molecule is O=C(c1ccccc1)N1CCN(C(=O)c2cc3c(s2)-c2ccccc2CC3)CC1. The summed E-state index contributed by atoms with van der Waals surface area (Å²) in [6, 6.07) is 19.9. The lowest BCUT2D eigenvalue weighted by Gasteiger charge is -2.34. The normalized spacial score (nSPS) is 15.6. The predicted molar refractivity (Wildman–Crippen MR) is 115 cm³/mol. The van der Waals surface area contributed by atoms with Crippen LogP contribution in [0.25, 0.3) is 10.4 Å². The molecular formula is C24H22N2O2S. The average Bonchev–Trinajstić information content (AvgIpc) is 3.24. The molecule has 0 radical (unpaired) electrons. The molecule has 2 aromatic carbocycles. The number of rotatable bonds is 2. The van der Waals surface area contributed by atoms with Gasteiger partial charge in [-0.25, -0.2) is 0 Å². The molecular weight excluding hydrogens is 380 g/mol. The van der Waals surface area contributed by atoms with Gasteiger partial charge in [-0.05, 0) is 47.7 Å². The van der Waals surface area contributed by atoms with Crippen LogP contribution >= 0.6 is 11.3 Å². The lowest BCUT2D eigenvalue weighted by molar-refractivity contribution is 0.0538. The number of aryl methyl sites for hydroxylation is 2. The molecule has 5 heteroatoms. The van der Waals surface area contributed by atoms with Crippen LogP contribution in [0, 0.1) is 0 Å². The van der Waals surface area contributed by atoms with Gasteiger partial charge in [-0.1, -0.05) is 42.5 Å². The zero-order valence-corrected chi connectivity index (χ0v) is 17.0. The van der Waals surface area contributed by atoms with Crippen LogP contribution in [0.5, 0.6) is 0 Å². The zero-order chi connectivity index (χ0) is 19.8. The van der Waals surface area contributed by atoms with E-state index in [1.165, 1.54) is 21.6 Å². The highest BCUT2D eigenvalue weighted by Crippen LogP contribution is 2.39.